The minimum absolute atomic E-state index is 0.0347. The van der Waals surface area contributed by atoms with Crippen molar-refractivity contribution in [2.75, 3.05) is 11.9 Å². The largest absolute Gasteiger partial charge is 0.381 e. The van der Waals surface area contributed by atoms with Gasteiger partial charge < -0.3 is 10.6 Å². The highest BCUT2D eigenvalue weighted by Crippen LogP contribution is 2.14. The van der Waals surface area contributed by atoms with Crippen LogP contribution in [0.25, 0.3) is 0 Å². The molecule has 0 radical (unpaired) electrons. The molecule has 0 bridgehead atoms. The average molecular weight is 282 g/mol. The van der Waals surface area contributed by atoms with Crippen LogP contribution in [0.4, 0.5) is 5.69 Å². The van der Waals surface area contributed by atoms with E-state index in [0.29, 0.717) is 12.1 Å². The summed E-state index contributed by atoms with van der Waals surface area (Å²) in [6.45, 7) is 7.51. The SMILES string of the molecule is CCNC(=O)c1cccc(NCc2cc(C)cc(C)c2)c1. The average Bonchev–Trinajstić information content (AvgIpc) is 2.45. The lowest BCUT2D eigenvalue weighted by Crippen LogP contribution is -2.22. The zero-order valence-electron chi connectivity index (χ0n) is 12.9. The molecular weight excluding hydrogens is 260 g/mol. The van der Waals surface area contributed by atoms with Crippen LogP contribution in [0.2, 0.25) is 0 Å². The lowest BCUT2D eigenvalue weighted by atomic mass is 10.1. The molecule has 2 N–H and O–H groups in total. The van der Waals surface area contributed by atoms with Crippen molar-refractivity contribution in [3.63, 3.8) is 0 Å². The Morgan fingerprint density at radius 1 is 1.05 bits per heavy atom. The molecule has 0 saturated heterocycles. The summed E-state index contributed by atoms with van der Waals surface area (Å²) >= 11 is 0. The maximum Gasteiger partial charge on any atom is 0.251 e. The van der Waals surface area contributed by atoms with Gasteiger partial charge in [0.05, 0.1) is 0 Å². The second-order valence-corrected chi connectivity index (χ2v) is 5.29. The molecule has 2 aromatic rings. The van der Waals surface area contributed by atoms with E-state index in [1.807, 2.05) is 31.2 Å². The number of amides is 1. The summed E-state index contributed by atoms with van der Waals surface area (Å²) in [6, 6.07) is 14.1. The van der Waals surface area contributed by atoms with Gasteiger partial charge in [0, 0.05) is 24.3 Å². The Bertz CT molecular complexity index is 615. The first kappa shape index (κ1) is 15.1. The summed E-state index contributed by atoms with van der Waals surface area (Å²) in [5.41, 5.74) is 5.42. The zero-order chi connectivity index (χ0) is 15.2. The van der Waals surface area contributed by atoms with Crippen LogP contribution in [0.5, 0.6) is 0 Å². The standard InChI is InChI=1S/C18H22N2O/c1-4-19-18(21)16-6-5-7-17(11-16)20-12-15-9-13(2)8-14(3)10-15/h5-11,20H,4,12H2,1-3H3,(H,19,21). The van der Waals surface area contributed by atoms with E-state index in [1.54, 1.807) is 0 Å². The van der Waals surface area contributed by atoms with Gasteiger partial charge in [0.1, 0.15) is 0 Å². The number of rotatable bonds is 5. The highest BCUT2D eigenvalue weighted by atomic mass is 16.1. The number of hydrogen-bond acceptors (Lipinski definition) is 2. The molecule has 2 aromatic carbocycles. The van der Waals surface area contributed by atoms with E-state index < -0.39 is 0 Å². The third-order valence-electron chi connectivity index (χ3n) is 3.24. The van der Waals surface area contributed by atoms with Crippen LogP contribution in [0.1, 0.15) is 34.0 Å². The summed E-state index contributed by atoms with van der Waals surface area (Å²) < 4.78 is 0. The van der Waals surface area contributed by atoms with Crippen molar-refractivity contribution >= 4 is 11.6 Å². The summed E-state index contributed by atoms with van der Waals surface area (Å²) in [7, 11) is 0. The molecule has 0 fully saturated rings. The minimum Gasteiger partial charge on any atom is -0.381 e. The first-order valence-corrected chi connectivity index (χ1v) is 7.28. The van der Waals surface area contributed by atoms with Crippen molar-refractivity contribution in [2.24, 2.45) is 0 Å². The van der Waals surface area contributed by atoms with Gasteiger partial charge in [-0.05, 0) is 44.5 Å². The highest BCUT2D eigenvalue weighted by molar-refractivity contribution is 5.95. The van der Waals surface area contributed by atoms with Crippen LogP contribution in [0, 0.1) is 13.8 Å². The first-order chi connectivity index (χ1) is 10.1. The second kappa shape index (κ2) is 6.93. The van der Waals surface area contributed by atoms with Crippen molar-refractivity contribution in [1.82, 2.24) is 5.32 Å². The molecule has 0 aliphatic rings. The van der Waals surface area contributed by atoms with E-state index in [-0.39, 0.29) is 5.91 Å². The molecule has 0 heterocycles. The van der Waals surface area contributed by atoms with Crippen LogP contribution in [0.15, 0.2) is 42.5 Å². The van der Waals surface area contributed by atoms with Crippen LogP contribution in [-0.4, -0.2) is 12.5 Å². The molecule has 110 valence electrons. The number of carbonyl (C=O) groups is 1. The van der Waals surface area contributed by atoms with E-state index in [0.717, 1.165) is 12.2 Å². The summed E-state index contributed by atoms with van der Waals surface area (Å²) in [5.74, 6) is -0.0347. The molecule has 0 spiro atoms. The van der Waals surface area contributed by atoms with Gasteiger partial charge in [-0.1, -0.05) is 35.4 Å². The second-order valence-electron chi connectivity index (χ2n) is 5.29. The zero-order valence-corrected chi connectivity index (χ0v) is 12.9. The van der Waals surface area contributed by atoms with Gasteiger partial charge in [0.25, 0.3) is 5.91 Å². The van der Waals surface area contributed by atoms with E-state index in [1.165, 1.54) is 16.7 Å². The fourth-order valence-corrected chi connectivity index (χ4v) is 2.41. The third kappa shape index (κ3) is 4.35. The molecule has 3 heteroatoms. The number of anilines is 1. The molecule has 2 rings (SSSR count). The smallest absolute Gasteiger partial charge is 0.251 e. The van der Waals surface area contributed by atoms with Gasteiger partial charge in [-0.15, -0.1) is 0 Å². The molecule has 1 amide bonds. The van der Waals surface area contributed by atoms with Crippen LogP contribution in [0.3, 0.4) is 0 Å². The van der Waals surface area contributed by atoms with Crippen molar-refractivity contribution in [3.05, 3.63) is 64.7 Å². The molecule has 3 nitrogen and oxygen atoms in total. The topological polar surface area (TPSA) is 41.1 Å². The Kier molecular flexibility index (Phi) is 4.99. The van der Waals surface area contributed by atoms with E-state index in [2.05, 4.69) is 42.7 Å². The van der Waals surface area contributed by atoms with Gasteiger partial charge in [-0.2, -0.15) is 0 Å². The molecule has 0 unspecified atom stereocenters. The number of aryl methyl sites for hydroxylation is 2. The van der Waals surface area contributed by atoms with Gasteiger partial charge in [0.2, 0.25) is 0 Å². The maximum atomic E-state index is 11.8. The quantitative estimate of drug-likeness (QED) is 0.878. The van der Waals surface area contributed by atoms with Crippen molar-refractivity contribution in [1.29, 1.82) is 0 Å². The Balaban J connectivity index is 2.06. The van der Waals surface area contributed by atoms with Gasteiger partial charge in [-0.25, -0.2) is 0 Å². The molecular formula is C18H22N2O. The van der Waals surface area contributed by atoms with Crippen LogP contribution >= 0.6 is 0 Å². The normalized spacial score (nSPS) is 10.2. The molecule has 0 aliphatic carbocycles. The third-order valence-corrected chi connectivity index (χ3v) is 3.24. The van der Waals surface area contributed by atoms with Crippen molar-refractivity contribution < 1.29 is 4.79 Å². The molecule has 0 saturated carbocycles. The molecule has 0 atom stereocenters. The Hall–Kier alpha value is -2.29. The molecule has 21 heavy (non-hydrogen) atoms. The van der Waals surface area contributed by atoms with E-state index in [4.69, 9.17) is 0 Å². The van der Waals surface area contributed by atoms with Gasteiger partial charge >= 0.3 is 0 Å². The van der Waals surface area contributed by atoms with E-state index in [9.17, 15) is 4.79 Å². The number of nitrogens with one attached hydrogen (secondary N) is 2. The van der Waals surface area contributed by atoms with Crippen LogP contribution in [-0.2, 0) is 6.54 Å². The highest BCUT2D eigenvalue weighted by Gasteiger charge is 2.04. The first-order valence-electron chi connectivity index (χ1n) is 7.28. The van der Waals surface area contributed by atoms with Crippen molar-refractivity contribution in [3.8, 4) is 0 Å². The lowest BCUT2D eigenvalue weighted by molar-refractivity contribution is 0.0956. The van der Waals surface area contributed by atoms with Gasteiger partial charge in [0.15, 0.2) is 0 Å². The predicted octanol–water partition coefficient (Wildman–Crippen LogP) is 3.67. The fourth-order valence-electron chi connectivity index (χ4n) is 2.41. The van der Waals surface area contributed by atoms with E-state index >= 15 is 0 Å². The summed E-state index contributed by atoms with van der Waals surface area (Å²) in [4.78, 5) is 11.8. The minimum atomic E-state index is -0.0347. The monoisotopic (exact) mass is 282 g/mol. The summed E-state index contributed by atoms with van der Waals surface area (Å²) in [5, 5.41) is 6.18. The van der Waals surface area contributed by atoms with Gasteiger partial charge in [-0.3, -0.25) is 4.79 Å². The fraction of sp³-hybridized carbons (Fsp3) is 0.278. The Labute approximate surface area is 126 Å². The Morgan fingerprint density at radius 3 is 2.43 bits per heavy atom. The Morgan fingerprint density at radius 2 is 1.76 bits per heavy atom. The molecule has 0 aliphatic heterocycles. The number of hydrogen-bond donors (Lipinski definition) is 2. The summed E-state index contributed by atoms with van der Waals surface area (Å²) in [6.07, 6.45) is 0. The van der Waals surface area contributed by atoms with Crippen LogP contribution < -0.4 is 10.6 Å². The molecule has 0 aromatic heterocycles. The number of benzene rings is 2. The lowest BCUT2D eigenvalue weighted by Gasteiger charge is -2.10. The number of carbonyl (C=O) groups excluding carboxylic acids is 1. The predicted molar refractivity (Wildman–Crippen MR) is 87.7 cm³/mol. The maximum absolute atomic E-state index is 11.8. The van der Waals surface area contributed by atoms with Crippen molar-refractivity contribution in [2.45, 2.75) is 27.3 Å².